The Labute approximate surface area is 206 Å². The minimum atomic E-state index is -0.695. The number of carbonyl (C=O) groups excluding carboxylic acids is 1. The highest BCUT2D eigenvalue weighted by molar-refractivity contribution is 5.71. The highest BCUT2D eigenvalue weighted by Crippen LogP contribution is 2.30. The number of aliphatic hydroxyl groups excluding tert-OH is 1. The first kappa shape index (κ1) is 26.1. The van der Waals surface area contributed by atoms with Gasteiger partial charge < -0.3 is 29.7 Å². The van der Waals surface area contributed by atoms with E-state index in [1.807, 2.05) is 49.4 Å². The molecule has 0 fully saturated rings. The molecular weight excluding hydrogens is 446 g/mol. The van der Waals surface area contributed by atoms with Crippen molar-refractivity contribution < 1.29 is 29.2 Å². The van der Waals surface area contributed by atoms with Crippen LogP contribution < -0.4 is 14.8 Å². The fourth-order valence-corrected chi connectivity index (χ4v) is 3.53. The average molecular weight is 480 g/mol. The Morgan fingerprint density at radius 3 is 2.40 bits per heavy atom. The average Bonchev–Trinajstić information content (AvgIpc) is 2.87. The number of carbonyl (C=O) groups is 1. The van der Waals surface area contributed by atoms with Gasteiger partial charge in [-0.25, -0.2) is 4.79 Å². The number of rotatable bonds is 13. The van der Waals surface area contributed by atoms with Crippen molar-refractivity contribution >= 4 is 5.97 Å². The number of nitrogens with one attached hydrogen (secondary N) is 1. The van der Waals surface area contributed by atoms with E-state index < -0.39 is 12.1 Å². The van der Waals surface area contributed by atoms with Gasteiger partial charge in [0.05, 0.1) is 12.7 Å². The third-order valence-corrected chi connectivity index (χ3v) is 5.48. The summed E-state index contributed by atoms with van der Waals surface area (Å²) in [7, 11) is 0. The number of ether oxygens (including phenoxy) is 3. The van der Waals surface area contributed by atoms with Gasteiger partial charge in [-0.05, 0) is 67.8 Å². The van der Waals surface area contributed by atoms with E-state index in [1.165, 1.54) is 0 Å². The van der Waals surface area contributed by atoms with Crippen molar-refractivity contribution in [1.29, 1.82) is 0 Å². The van der Waals surface area contributed by atoms with Gasteiger partial charge in [0.25, 0.3) is 0 Å². The molecule has 0 bridgehead atoms. The Kier molecular flexibility index (Phi) is 9.95. The van der Waals surface area contributed by atoms with Crippen LogP contribution in [0.1, 0.15) is 36.6 Å². The summed E-state index contributed by atoms with van der Waals surface area (Å²) in [5, 5.41) is 23.3. The zero-order valence-electron chi connectivity index (χ0n) is 20.1. The summed E-state index contributed by atoms with van der Waals surface area (Å²) in [6.07, 6.45) is 0.00553. The topological polar surface area (TPSA) is 97.3 Å². The molecule has 7 heteroatoms. The van der Waals surface area contributed by atoms with Crippen LogP contribution in [-0.4, -0.2) is 42.0 Å². The number of benzene rings is 3. The predicted octanol–water partition coefficient (Wildman–Crippen LogP) is 4.17. The molecule has 0 heterocycles. The highest BCUT2D eigenvalue weighted by atomic mass is 16.6. The van der Waals surface area contributed by atoms with Gasteiger partial charge in [0.15, 0.2) is 18.1 Å². The lowest BCUT2D eigenvalue weighted by atomic mass is 10.0. The molecule has 2 atom stereocenters. The first-order valence-corrected chi connectivity index (χ1v) is 11.7. The molecule has 0 aliphatic carbocycles. The van der Waals surface area contributed by atoms with Gasteiger partial charge in [-0.2, -0.15) is 0 Å². The van der Waals surface area contributed by atoms with Crippen molar-refractivity contribution in [3.8, 4) is 17.2 Å². The van der Waals surface area contributed by atoms with Crippen LogP contribution >= 0.6 is 0 Å². The summed E-state index contributed by atoms with van der Waals surface area (Å²) in [6.45, 7) is 4.78. The maximum atomic E-state index is 11.7. The summed E-state index contributed by atoms with van der Waals surface area (Å²) in [5.74, 6) is 0.757. The Morgan fingerprint density at radius 1 is 0.943 bits per heavy atom. The van der Waals surface area contributed by atoms with Gasteiger partial charge >= 0.3 is 5.97 Å². The second-order valence-corrected chi connectivity index (χ2v) is 8.18. The molecule has 186 valence electrons. The maximum Gasteiger partial charge on any atom is 0.344 e. The lowest BCUT2D eigenvalue weighted by Gasteiger charge is -2.21. The van der Waals surface area contributed by atoms with E-state index in [1.54, 1.807) is 37.3 Å². The normalized spacial score (nSPS) is 12.5. The number of hydrogen-bond acceptors (Lipinski definition) is 7. The second-order valence-electron chi connectivity index (χ2n) is 8.18. The number of phenolic OH excluding ortho intramolecular Hbond substituents is 1. The van der Waals surface area contributed by atoms with Crippen LogP contribution in [0.25, 0.3) is 0 Å². The molecule has 0 saturated carbocycles. The van der Waals surface area contributed by atoms with E-state index in [-0.39, 0.29) is 18.4 Å². The van der Waals surface area contributed by atoms with Crippen molar-refractivity contribution in [2.45, 2.75) is 39.0 Å². The number of hydrogen-bond donors (Lipinski definition) is 3. The van der Waals surface area contributed by atoms with Crippen LogP contribution in [-0.2, 0) is 22.6 Å². The van der Waals surface area contributed by atoms with Gasteiger partial charge in [-0.1, -0.05) is 48.5 Å². The second kappa shape index (κ2) is 13.4. The molecule has 7 nitrogen and oxygen atoms in total. The molecule has 3 N–H and O–H groups in total. The van der Waals surface area contributed by atoms with E-state index in [0.29, 0.717) is 37.7 Å². The maximum absolute atomic E-state index is 11.7. The largest absolute Gasteiger partial charge is 0.508 e. The molecule has 0 radical (unpaired) electrons. The minimum absolute atomic E-state index is 0.168. The molecule has 0 amide bonds. The molecule has 0 aromatic heterocycles. The molecule has 0 aliphatic heterocycles. The number of aliphatic hydroxyl groups is 1. The molecule has 0 spiro atoms. The zero-order chi connectivity index (χ0) is 25.0. The number of aromatic hydroxyl groups is 1. The summed E-state index contributed by atoms with van der Waals surface area (Å²) in [4.78, 5) is 11.7. The van der Waals surface area contributed by atoms with Crippen molar-refractivity contribution in [3.63, 3.8) is 0 Å². The SMILES string of the molecule is CCOC(=O)COc1ccc(CCN[C@@H](C)[C@@H](O)c2ccc(O)cc2)cc1OCc1ccccc1. The molecule has 0 saturated heterocycles. The van der Waals surface area contributed by atoms with Crippen LogP contribution in [0.2, 0.25) is 0 Å². The molecule has 3 aromatic carbocycles. The van der Waals surface area contributed by atoms with E-state index in [4.69, 9.17) is 14.2 Å². The number of phenols is 1. The first-order chi connectivity index (χ1) is 17.0. The van der Waals surface area contributed by atoms with Crippen LogP contribution in [0.4, 0.5) is 0 Å². The van der Waals surface area contributed by atoms with Crippen LogP contribution in [0.5, 0.6) is 17.2 Å². The van der Waals surface area contributed by atoms with Crippen molar-refractivity contribution in [3.05, 3.63) is 89.5 Å². The molecule has 0 aliphatic rings. The minimum Gasteiger partial charge on any atom is -0.508 e. The van der Waals surface area contributed by atoms with Crippen molar-refractivity contribution in [1.82, 2.24) is 5.32 Å². The van der Waals surface area contributed by atoms with Crippen LogP contribution in [0, 0.1) is 0 Å². The number of esters is 1. The van der Waals surface area contributed by atoms with Crippen molar-refractivity contribution in [2.24, 2.45) is 0 Å². The monoisotopic (exact) mass is 479 g/mol. The van der Waals surface area contributed by atoms with Gasteiger partial charge in [0.1, 0.15) is 12.4 Å². The molecule has 3 aromatic rings. The summed E-state index contributed by atoms with van der Waals surface area (Å²) in [6, 6.07) is 21.8. The highest BCUT2D eigenvalue weighted by Gasteiger charge is 2.16. The summed E-state index contributed by atoms with van der Waals surface area (Å²) in [5.41, 5.74) is 2.78. The van der Waals surface area contributed by atoms with E-state index >= 15 is 0 Å². The summed E-state index contributed by atoms with van der Waals surface area (Å²) < 4.78 is 16.6. The van der Waals surface area contributed by atoms with E-state index in [9.17, 15) is 15.0 Å². The van der Waals surface area contributed by atoms with Gasteiger partial charge in [0, 0.05) is 6.04 Å². The van der Waals surface area contributed by atoms with Gasteiger partial charge in [0.2, 0.25) is 0 Å². The summed E-state index contributed by atoms with van der Waals surface area (Å²) >= 11 is 0. The lowest BCUT2D eigenvalue weighted by Crippen LogP contribution is -2.33. The molecule has 0 unspecified atom stereocenters. The Morgan fingerprint density at radius 2 is 1.69 bits per heavy atom. The Hall–Kier alpha value is -3.55. The van der Waals surface area contributed by atoms with E-state index in [0.717, 1.165) is 16.7 Å². The van der Waals surface area contributed by atoms with Gasteiger partial charge in [-0.15, -0.1) is 0 Å². The zero-order valence-corrected chi connectivity index (χ0v) is 20.1. The fourth-order valence-electron chi connectivity index (χ4n) is 3.53. The quantitative estimate of drug-likeness (QED) is 0.317. The van der Waals surface area contributed by atoms with Crippen molar-refractivity contribution in [2.75, 3.05) is 19.8 Å². The predicted molar refractivity (Wildman–Crippen MR) is 134 cm³/mol. The third kappa shape index (κ3) is 8.31. The first-order valence-electron chi connectivity index (χ1n) is 11.7. The third-order valence-electron chi connectivity index (χ3n) is 5.48. The molecular formula is C28H33NO6. The van der Waals surface area contributed by atoms with Crippen LogP contribution in [0.15, 0.2) is 72.8 Å². The Balaban J connectivity index is 1.61. The fraction of sp³-hybridized carbons (Fsp3) is 0.321. The smallest absolute Gasteiger partial charge is 0.344 e. The Bertz CT molecular complexity index is 1050. The molecule has 3 rings (SSSR count). The van der Waals surface area contributed by atoms with Gasteiger partial charge in [-0.3, -0.25) is 0 Å². The van der Waals surface area contributed by atoms with Crippen LogP contribution in [0.3, 0.4) is 0 Å². The molecule has 35 heavy (non-hydrogen) atoms. The standard InChI is InChI=1S/C28H33NO6/c1-3-33-27(31)19-35-25-14-9-21(17-26(25)34-18-22-7-5-4-6-8-22)15-16-29-20(2)28(32)23-10-12-24(30)13-11-23/h4-14,17,20,28-30,32H,3,15-16,18-19H2,1-2H3/t20-,28+/m0/s1. The van der Waals surface area contributed by atoms with E-state index in [2.05, 4.69) is 5.32 Å². The lowest BCUT2D eigenvalue weighted by molar-refractivity contribution is -0.145.